The molecule has 1 aromatic carbocycles. The first-order valence-electron chi connectivity index (χ1n) is 13.4. The van der Waals surface area contributed by atoms with Gasteiger partial charge in [-0.1, -0.05) is 0 Å². The van der Waals surface area contributed by atoms with Gasteiger partial charge < -0.3 is 25.2 Å². The Morgan fingerprint density at radius 1 is 1.03 bits per heavy atom. The summed E-state index contributed by atoms with van der Waals surface area (Å²) in [5.41, 5.74) is 0.0280. The molecule has 12 heteroatoms. The number of rotatable bonds is 10. The molecule has 1 aromatic rings. The lowest BCUT2D eigenvalue weighted by Gasteiger charge is -2.31. The predicted octanol–water partition coefficient (Wildman–Crippen LogP) is 4.46. The quantitative estimate of drug-likeness (QED) is 0.289. The number of methoxy groups -OCH3 is 1. The number of hydrogen-bond donors (Lipinski definition) is 3. The average molecular weight is 559 g/mol. The highest BCUT2D eigenvalue weighted by Gasteiger charge is 2.51. The normalized spacial score (nSPS) is 28.1. The molecule has 0 radical (unpaired) electrons. The molecule has 3 N–H and O–H groups in total. The van der Waals surface area contributed by atoms with Crippen LogP contribution in [0.5, 0.6) is 11.5 Å². The molecule has 0 aliphatic heterocycles. The van der Waals surface area contributed by atoms with Gasteiger partial charge in [0.15, 0.2) is 11.6 Å². The molecule has 216 valence electrons. The van der Waals surface area contributed by atoms with Crippen LogP contribution >= 0.6 is 0 Å². The highest BCUT2D eigenvalue weighted by molar-refractivity contribution is 5.98. The van der Waals surface area contributed by atoms with Gasteiger partial charge in [-0.2, -0.15) is 13.2 Å². The highest BCUT2D eigenvalue weighted by Crippen LogP contribution is 2.49. The summed E-state index contributed by atoms with van der Waals surface area (Å²) in [5, 5.41) is 14.7. The van der Waals surface area contributed by atoms with E-state index in [-0.39, 0.29) is 47.8 Å². The number of carboxylic acid groups (broad SMARTS) is 1. The zero-order valence-electron chi connectivity index (χ0n) is 21.7. The molecule has 2 bridgehead atoms. The van der Waals surface area contributed by atoms with Gasteiger partial charge in [0.05, 0.1) is 30.6 Å². The monoisotopic (exact) mass is 558 g/mol. The lowest BCUT2D eigenvalue weighted by atomic mass is 9.83. The number of carbonyl (C=O) groups is 3. The number of amides is 2. The second-order valence-corrected chi connectivity index (χ2v) is 10.8. The Morgan fingerprint density at radius 2 is 1.72 bits per heavy atom. The zero-order valence-corrected chi connectivity index (χ0v) is 21.7. The van der Waals surface area contributed by atoms with Gasteiger partial charge in [0.1, 0.15) is 5.75 Å². The van der Waals surface area contributed by atoms with Crippen molar-refractivity contribution in [1.29, 1.82) is 0 Å². The third-order valence-corrected chi connectivity index (χ3v) is 8.27. The molecule has 3 aliphatic carbocycles. The van der Waals surface area contributed by atoms with Gasteiger partial charge in [-0.15, -0.1) is 0 Å². The van der Waals surface area contributed by atoms with Crippen molar-refractivity contribution in [2.45, 2.75) is 76.1 Å². The third kappa shape index (κ3) is 6.94. The summed E-state index contributed by atoms with van der Waals surface area (Å²) in [6.07, 6.45) is -1.83. The van der Waals surface area contributed by atoms with E-state index in [2.05, 4.69) is 10.6 Å². The van der Waals surface area contributed by atoms with Crippen LogP contribution in [-0.4, -0.2) is 54.9 Å². The summed E-state index contributed by atoms with van der Waals surface area (Å²) in [6, 6.07) is 1.80. The van der Waals surface area contributed by atoms with Crippen molar-refractivity contribution in [3.05, 3.63) is 23.5 Å². The van der Waals surface area contributed by atoms with E-state index >= 15 is 0 Å². The number of halogens is 4. The second kappa shape index (κ2) is 12.0. The maximum atomic E-state index is 14.8. The molecule has 0 spiro atoms. The molecule has 2 unspecified atom stereocenters. The molecule has 0 saturated heterocycles. The molecular formula is C27H34F4N2O6. The largest absolute Gasteiger partial charge is 0.496 e. The van der Waals surface area contributed by atoms with E-state index in [1.54, 1.807) is 0 Å². The molecule has 3 aliphatic rings. The first-order valence-corrected chi connectivity index (χ1v) is 13.4. The summed E-state index contributed by atoms with van der Waals surface area (Å²) >= 11 is 0. The van der Waals surface area contributed by atoms with Crippen molar-refractivity contribution >= 4 is 17.8 Å². The number of aliphatic carboxylic acids is 1. The van der Waals surface area contributed by atoms with Crippen molar-refractivity contribution < 1.29 is 46.5 Å². The summed E-state index contributed by atoms with van der Waals surface area (Å²) < 4.78 is 63.2. The molecular weight excluding hydrogens is 524 g/mol. The van der Waals surface area contributed by atoms with Crippen molar-refractivity contribution in [2.24, 2.45) is 23.7 Å². The number of fused-ring (bicyclic) bond motifs is 2. The van der Waals surface area contributed by atoms with Gasteiger partial charge in [-0.05, 0) is 69.3 Å². The number of benzene rings is 1. The molecule has 2 amide bonds. The summed E-state index contributed by atoms with van der Waals surface area (Å²) in [5.74, 6) is -3.63. The van der Waals surface area contributed by atoms with Crippen LogP contribution in [0, 0.1) is 29.5 Å². The maximum Gasteiger partial charge on any atom is 0.389 e. The van der Waals surface area contributed by atoms with Crippen LogP contribution in [0.1, 0.15) is 68.1 Å². The number of alkyl halides is 3. The highest BCUT2D eigenvalue weighted by atomic mass is 19.4. The molecule has 4 atom stereocenters. The fraction of sp³-hybridized carbons (Fsp3) is 0.667. The number of nitrogens with one attached hydrogen (secondary N) is 2. The number of ether oxygens (including phenoxy) is 2. The molecule has 8 nitrogen and oxygen atoms in total. The first-order chi connectivity index (χ1) is 18.5. The Morgan fingerprint density at radius 3 is 2.36 bits per heavy atom. The lowest BCUT2D eigenvalue weighted by molar-refractivity contribution is -0.143. The van der Waals surface area contributed by atoms with Gasteiger partial charge >= 0.3 is 12.1 Å². The minimum absolute atomic E-state index is 0.0109. The van der Waals surface area contributed by atoms with Crippen LogP contribution in [0.2, 0.25) is 0 Å². The SMILES string of the molecule is COc1cc(F)c(OC2CCC(C(=O)O)CC2)cc1C(=O)NC1C(C(=O)NCCCC(F)(F)F)[C@@H]2CC[C@H]1C2. The summed E-state index contributed by atoms with van der Waals surface area (Å²) in [6.45, 7) is -0.103. The minimum atomic E-state index is -4.29. The van der Waals surface area contributed by atoms with E-state index in [1.807, 2.05) is 0 Å². The van der Waals surface area contributed by atoms with Crippen LogP contribution in [0.3, 0.4) is 0 Å². The van der Waals surface area contributed by atoms with E-state index < -0.39 is 54.3 Å². The van der Waals surface area contributed by atoms with Crippen molar-refractivity contribution in [3.63, 3.8) is 0 Å². The van der Waals surface area contributed by atoms with Gasteiger partial charge in [0.25, 0.3) is 5.91 Å². The number of carbonyl (C=O) groups excluding carboxylic acids is 2. The van der Waals surface area contributed by atoms with Crippen LogP contribution < -0.4 is 20.1 Å². The average Bonchev–Trinajstić information content (AvgIpc) is 3.49. The molecule has 3 saturated carbocycles. The Labute approximate surface area is 223 Å². The summed E-state index contributed by atoms with van der Waals surface area (Å²) in [7, 11) is 1.30. The fourth-order valence-electron chi connectivity index (χ4n) is 6.30. The summed E-state index contributed by atoms with van der Waals surface area (Å²) in [4.78, 5) is 37.5. The predicted molar refractivity (Wildman–Crippen MR) is 131 cm³/mol. The standard InChI is InChI=1S/C27H34F4N2O6/c1-38-20-13-19(28)21(39-17-7-5-14(6-8-17)26(36)37)12-18(20)24(34)33-23-16-4-3-15(11-16)22(23)25(35)32-10-2-9-27(29,30)31/h12-17,22-23H,2-11H2,1H3,(H,32,35)(H,33,34)(H,36,37)/t14?,15-,16+,17?,22?,23?/m1/s1. The Kier molecular flexibility index (Phi) is 8.90. The fourth-order valence-corrected chi connectivity index (χ4v) is 6.30. The van der Waals surface area contributed by atoms with Gasteiger partial charge in [0, 0.05) is 25.1 Å². The van der Waals surface area contributed by atoms with Crippen molar-refractivity contribution in [2.75, 3.05) is 13.7 Å². The Balaban J connectivity index is 1.43. The number of carboxylic acids is 1. The van der Waals surface area contributed by atoms with Crippen LogP contribution in [0.4, 0.5) is 17.6 Å². The molecule has 0 aromatic heterocycles. The maximum absolute atomic E-state index is 14.8. The van der Waals surface area contributed by atoms with Gasteiger partial charge in [0.2, 0.25) is 5.91 Å². The zero-order chi connectivity index (χ0) is 28.3. The van der Waals surface area contributed by atoms with Crippen molar-refractivity contribution in [3.8, 4) is 11.5 Å². The Bertz CT molecular complexity index is 1070. The van der Waals surface area contributed by atoms with Crippen LogP contribution in [-0.2, 0) is 9.59 Å². The van der Waals surface area contributed by atoms with E-state index in [9.17, 15) is 37.1 Å². The lowest BCUT2D eigenvalue weighted by Crippen LogP contribution is -2.50. The van der Waals surface area contributed by atoms with Gasteiger partial charge in [-0.3, -0.25) is 14.4 Å². The molecule has 4 rings (SSSR count). The van der Waals surface area contributed by atoms with Crippen molar-refractivity contribution in [1.82, 2.24) is 10.6 Å². The van der Waals surface area contributed by atoms with E-state index in [0.717, 1.165) is 25.3 Å². The second-order valence-electron chi connectivity index (χ2n) is 10.8. The van der Waals surface area contributed by atoms with Crippen LogP contribution in [0.15, 0.2) is 12.1 Å². The van der Waals surface area contributed by atoms with Crippen LogP contribution in [0.25, 0.3) is 0 Å². The Hall–Kier alpha value is -3.05. The molecule has 0 heterocycles. The molecule has 3 fully saturated rings. The van der Waals surface area contributed by atoms with E-state index in [4.69, 9.17) is 9.47 Å². The molecule has 39 heavy (non-hydrogen) atoms. The third-order valence-electron chi connectivity index (χ3n) is 8.27. The van der Waals surface area contributed by atoms with Gasteiger partial charge in [-0.25, -0.2) is 4.39 Å². The smallest absolute Gasteiger partial charge is 0.389 e. The topological polar surface area (TPSA) is 114 Å². The van der Waals surface area contributed by atoms with E-state index in [1.165, 1.54) is 13.2 Å². The number of hydrogen-bond acceptors (Lipinski definition) is 5. The first kappa shape index (κ1) is 28.9. The van der Waals surface area contributed by atoms with E-state index in [0.29, 0.717) is 25.7 Å². The minimum Gasteiger partial charge on any atom is -0.496 e.